The molecule has 12 heavy (non-hydrogen) atoms. The molecule has 2 heterocycles. The Bertz CT molecular complexity index is 203. The van der Waals surface area contributed by atoms with Gasteiger partial charge in [-0.2, -0.15) is 0 Å². The third-order valence-electron chi connectivity index (χ3n) is 2.98. The Hall–Kier alpha value is -0.570. The Balaban J connectivity index is 2.03. The van der Waals surface area contributed by atoms with Crippen molar-refractivity contribution < 1.29 is 4.84 Å². The van der Waals surface area contributed by atoms with Gasteiger partial charge in [0.2, 0.25) is 0 Å². The van der Waals surface area contributed by atoms with Crippen molar-refractivity contribution in [3.8, 4) is 0 Å². The van der Waals surface area contributed by atoms with E-state index in [-0.39, 0.29) is 0 Å². The molecule has 2 bridgehead atoms. The van der Waals surface area contributed by atoms with E-state index in [1.807, 2.05) is 6.92 Å². The molecule has 2 unspecified atom stereocenters. The van der Waals surface area contributed by atoms with Gasteiger partial charge in [-0.15, -0.1) is 0 Å². The highest BCUT2D eigenvalue weighted by Crippen LogP contribution is 2.34. The zero-order chi connectivity index (χ0) is 8.55. The lowest BCUT2D eigenvalue weighted by atomic mass is 9.99. The summed E-state index contributed by atoms with van der Waals surface area (Å²) in [5.74, 6) is 0. The van der Waals surface area contributed by atoms with Crippen molar-refractivity contribution >= 4 is 5.71 Å². The molecule has 0 radical (unpaired) electrons. The topological polar surface area (TPSA) is 24.8 Å². The van der Waals surface area contributed by atoms with Crippen LogP contribution in [0.3, 0.4) is 0 Å². The van der Waals surface area contributed by atoms with E-state index in [2.05, 4.69) is 17.1 Å². The molecule has 0 aliphatic carbocycles. The van der Waals surface area contributed by atoms with Gasteiger partial charge in [0.25, 0.3) is 0 Å². The van der Waals surface area contributed by atoms with Crippen molar-refractivity contribution in [2.75, 3.05) is 13.7 Å². The van der Waals surface area contributed by atoms with Crippen LogP contribution in [0.25, 0.3) is 0 Å². The van der Waals surface area contributed by atoms with Crippen LogP contribution >= 0.6 is 0 Å². The second kappa shape index (κ2) is 3.05. The lowest BCUT2D eigenvalue weighted by Crippen LogP contribution is -2.26. The monoisotopic (exact) mass is 168 g/mol. The number of oxime groups is 1. The van der Waals surface area contributed by atoms with Crippen LogP contribution in [0.1, 0.15) is 26.2 Å². The molecule has 0 N–H and O–H groups in total. The standard InChI is InChI=1S/C9H16N2O/c1-3-12-10-8-6-7-4-5-9(8)11(7)2/h7,9H,3-6H2,1-2H3. The molecule has 2 fully saturated rings. The number of hydrogen-bond donors (Lipinski definition) is 0. The van der Waals surface area contributed by atoms with Crippen molar-refractivity contribution in [1.29, 1.82) is 0 Å². The molecule has 0 aromatic rings. The van der Waals surface area contributed by atoms with Crippen molar-refractivity contribution in [1.82, 2.24) is 4.90 Å². The third-order valence-corrected chi connectivity index (χ3v) is 2.98. The lowest BCUT2D eigenvalue weighted by molar-refractivity contribution is 0.156. The van der Waals surface area contributed by atoms with Crippen LogP contribution in [-0.2, 0) is 4.84 Å². The fourth-order valence-electron chi connectivity index (χ4n) is 2.28. The average Bonchev–Trinajstić information content (AvgIpc) is 2.58. The van der Waals surface area contributed by atoms with Gasteiger partial charge in [-0.1, -0.05) is 5.16 Å². The molecule has 2 aliphatic rings. The van der Waals surface area contributed by atoms with Gasteiger partial charge in [-0.3, -0.25) is 4.90 Å². The van der Waals surface area contributed by atoms with Crippen molar-refractivity contribution in [2.45, 2.75) is 38.3 Å². The molecule has 2 saturated heterocycles. The van der Waals surface area contributed by atoms with Crippen LogP contribution in [0.4, 0.5) is 0 Å². The third kappa shape index (κ3) is 1.12. The molecule has 0 aromatic heterocycles. The predicted molar refractivity (Wildman–Crippen MR) is 48.3 cm³/mol. The first-order valence-electron chi connectivity index (χ1n) is 4.73. The van der Waals surface area contributed by atoms with E-state index in [1.165, 1.54) is 18.6 Å². The second-order valence-corrected chi connectivity index (χ2v) is 3.62. The molecule has 2 aliphatic heterocycles. The maximum atomic E-state index is 5.08. The number of nitrogens with zero attached hydrogens (tertiary/aromatic N) is 2. The normalized spacial score (nSPS) is 38.0. The fraction of sp³-hybridized carbons (Fsp3) is 0.889. The molecule has 0 spiro atoms. The van der Waals surface area contributed by atoms with Gasteiger partial charge in [0.1, 0.15) is 6.61 Å². The molecule has 68 valence electrons. The van der Waals surface area contributed by atoms with Crippen LogP contribution in [0.15, 0.2) is 5.16 Å². The Morgan fingerprint density at radius 2 is 2.42 bits per heavy atom. The van der Waals surface area contributed by atoms with E-state index in [0.29, 0.717) is 12.6 Å². The Labute approximate surface area is 73.4 Å². The summed E-state index contributed by atoms with van der Waals surface area (Å²) >= 11 is 0. The summed E-state index contributed by atoms with van der Waals surface area (Å²) in [4.78, 5) is 7.51. The summed E-state index contributed by atoms with van der Waals surface area (Å²) in [5, 5.41) is 4.15. The van der Waals surface area contributed by atoms with E-state index >= 15 is 0 Å². The average molecular weight is 168 g/mol. The summed E-state index contributed by atoms with van der Waals surface area (Å²) in [5.41, 5.74) is 1.26. The van der Waals surface area contributed by atoms with Gasteiger partial charge in [0.15, 0.2) is 0 Å². The largest absolute Gasteiger partial charge is 0.396 e. The molecule has 2 atom stereocenters. The van der Waals surface area contributed by atoms with Gasteiger partial charge in [-0.05, 0) is 26.8 Å². The van der Waals surface area contributed by atoms with E-state index in [1.54, 1.807) is 0 Å². The summed E-state index contributed by atoms with van der Waals surface area (Å²) in [6, 6.07) is 1.33. The summed E-state index contributed by atoms with van der Waals surface area (Å²) in [6.07, 6.45) is 3.74. The van der Waals surface area contributed by atoms with Crippen molar-refractivity contribution in [3.63, 3.8) is 0 Å². The minimum absolute atomic E-state index is 0.585. The van der Waals surface area contributed by atoms with Crippen LogP contribution < -0.4 is 0 Å². The van der Waals surface area contributed by atoms with E-state index in [4.69, 9.17) is 4.84 Å². The Morgan fingerprint density at radius 3 is 2.92 bits per heavy atom. The van der Waals surface area contributed by atoms with E-state index < -0.39 is 0 Å². The maximum Gasteiger partial charge on any atom is 0.114 e. The highest BCUT2D eigenvalue weighted by atomic mass is 16.6. The highest BCUT2D eigenvalue weighted by Gasteiger charge is 2.41. The summed E-state index contributed by atoms with van der Waals surface area (Å²) in [6.45, 7) is 2.66. The van der Waals surface area contributed by atoms with Gasteiger partial charge in [0.05, 0.1) is 11.8 Å². The van der Waals surface area contributed by atoms with Gasteiger partial charge in [-0.25, -0.2) is 0 Å². The SMILES string of the molecule is CCON=C1CC2CCC1N2C. The van der Waals surface area contributed by atoms with Crippen LogP contribution in [0.2, 0.25) is 0 Å². The molecule has 3 heteroatoms. The summed E-state index contributed by atoms with van der Waals surface area (Å²) in [7, 11) is 2.19. The zero-order valence-electron chi connectivity index (χ0n) is 7.79. The molecule has 2 rings (SSSR count). The number of hydrogen-bond acceptors (Lipinski definition) is 3. The number of fused-ring (bicyclic) bond motifs is 2. The molecule has 0 saturated carbocycles. The first kappa shape index (κ1) is 8.05. The van der Waals surface area contributed by atoms with E-state index in [9.17, 15) is 0 Å². The van der Waals surface area contributed by atoms with Crippen molar-refractivity contribution in [2.24, 2.45) is 5.16 Å². The molecule has 0 amide bonds. The van der Waals surface area contributed by atoms with Crippen molar-refractivity contribution in [3.05, 3.63) is 0 Å². The maximum absolute atomic E-state index is 5.08. The van der Waals surface area contributed by atoms with E-state index in [0.717, 1.165) is 12.5 Å². The second-order valence-electron chi connectivity index (χ2n) is 3.62. The Kier molecular flexibility index (Phi) is 2.05. The summed E-state index contributed by atoms with van der Waals surface area (Å²) < 4.78 is 0. The minimum Gasteiger partial charge on any atom is -0.396 e. The molecular weight excluding hydrogens is 152 g/mol. The zero-order valence-corrected chi connectivity index (χ0v) is 7.79. The predicted octanol–water partition coefficient (Wildman–Crippen LogP) is 1.25. The minimum atomic E-state index is 0.585. The lowest BCUT2D eigenvalue weighted by Gasteiger charge is -2.12. The first-order valence-corrected chi connectivity index (χ1v) is 4.73. The van der Waals surface area contributed by atoms with Crippen LogP contribution in [-0.4, -0.2) is 36.3 Å². The van der Waals surface area contributed by atoms with Gasteiger partial charge in [0, 0.05) is 12.5 Å². The van der Waals surface area contributed by atoms with Crippen LogP contribution in [0.5, 0.6) is 0 Å². The molecule has 0 aromatic carbocycles. The van der Waals surface area contributed by atoms with Crippen LogP contribution in [0, 0.1) is 0 Å². The smallest absolute Gasteiger partial charge is 0.114 e. The molecule has 3 nitrogen and oxygen atoms in total. The number of rotatable bonds is 2. The van der Waals surface area contributed by atoms with Gasteiger partial charge < -0.3 is 4.84 Å². The van der Waals surface area contributed by atoms with Gasteiger partial charge >= 0.3 is 0 Å². The highest BCUT2D eigenvalue weighted by molar-refractivity contribution is 5.92. The quantitative estimate of drug-likeness (QED) is 0.580. The molecular formula is C9H16N2O. The Morgan fingerprint density at radius 1 is 1.58 bits per heavy atom. The fourth-order valence-corrected chi connectivity index (χ4v) is 2.28. The first-order chi connectivity index (χ1) is 5.83.